The number of aliphatic hydroxyl groups is 1. The first-order chi connectivity index (χ1) is 9.52. The molecule has 1 aromatic carbocycles. The lowest BCUT2D eigenvalue weighted by atomic mass is 10.0. The molecule has 4 heteroatoms. The molecule has 1 aromatic rings. The van der Waals surface area contributed by atoms with Crippen molar-refractivity contribution in [1.82, 2.24) is 4.90 Å². The van der Waals surface area contributed by atoms with Crippen LogP contribution in [0.2, 0.25) is 0 Å². The van der Waals surface area contributed by atoms with Crippen molar-refractivity contribution in [3.05, 3.63) is 29.8 Å². The van der Waals surface area contributed by atoms with Gasteiger partial charge in [-0.3, -0.25) is 4.90 Å². The van der Waals surface area contributed by atoms with Crippen molar-refractivity contribution < 1.29 is 14.6 Å². The van der Waals surface area contributed by atoms with Gasteiger partial charge in [-0.25, -0.2) is 0 Å². The molecule has 1 saturated heterocycles. The molecule has 0 spiro atoms. The molecule has 0 saturated carbocycles. The van der Waals surface area contributed by atoms with Gasteiger partial charge < -0.3 is 14.6 Å². The summed E-state index contributed by atoms with van der Waals surface area (Å²) in [5.41, 5.74) is 1.04. The molecule has 0 amide bonds. The van der Waals surface area contributed by atoms with Crippen molar-refractivity contribution in [3.63, 3.8) is 0 Å². The zero-order valence-electron chi connectivity index (χ0n) is 12.6. The summed E-state index contributed by atoms with van der Waals surface area (Å²) < 4.78 is 11.3. The molecule has 1 atom stereocenters. The molecule has 1 unspecified atom stereocenters. The average Bonchev–Trinajstić information content (AvgIpc) is 2.39. The number of morpholine rings is 1. The Kier molecular flexibility index (Phi) is 5.02. The summed E-state index contributed by atoms with van der Waals surface area (Å²) >= 11 is 0. The van der Waals surface area contributed by atoms with E-state index in [2.05, 4.69) is 30.9 Å². The van der Waals surface area contributed by atoms with E-state index in [1.807, 2.05) is 19.1 Å². The number of nitrogens with zero attached hydrogens (tertiary/aromatic N) is 1. The number of hydrogen-bond donors (Lipinski definition) is 1. The van der Waals surface area contributed by atoms with E-state index in [9.17, 15) is 5.11 Å². The van der Waals surface area contributed by atoms with Crippen molar-refractivity contribution in [2.24, 2.45) is 0 Å². The third-order valence-electron chi connectivity index (χ3n) is 3.40. The molecule has 1 aliphatic rings. The molecule has 0 bridgehead atoms. The van der Waals surface area contributed by atoms with Crippen LogP contribution in [0.1, 0.15) is 26.3 Å². The van der Waals surface area contributed by atoms with Crippen LogP contribution in [-0.4, -0.2) is 48.0 Å². The average molecular weight is 279 g/mol. The Balaban J connectivity index is 1.97. The van der Waals surface area contributed by atoms with E-state index in [4.69, 9.17) is 9.47 Å². The minimum absolute atomic E-state index is 0.0726. The van der Waals surface area contributed by atoms with Crippen LogP contribution >= 0.6 is 0 Å². The molecule has 4 nitrogen and oxygen atoms in total. The Morgan fingerprint density at radius 1 is 1.35 bits per heavy atom. The van der Waals surface area contributed by atoms with Crippen LogP contribution in [0.3, 0.4) is 0 Å². The van der Waals surface area contributed by atoms with Gasteiger partial charge in [-0.05, 0) is 38.5 Å². The largest absolute Gasteiger partial charge is 0.494 e. The summed E-state index contributed by atoms with van der Waals surface area (Å²) in [5.74, 6) is 0.909. The van der Waals surface area contributed by atoms with Gasteiger partial charge in [0.05, 0.1) is 24.9 Å². The standard InChI is InChI=1S/C16H25NO3/c1-4-19-14-7-5-13(6-8-14)9-17-10-15(11-18)20-16(2,3)12-17/h5-8,15,18H,4,9-12H2,1-3H3. The highest BCUT2D eigenvalue weighted by atomic mass is 16.5. The molecule has 1 N–H and O–H groups in total. The second kappa shape index (κ2) is 6.57. The third-order valence-corrected chi connectivity index (χ3v) is 3.40. The SMILES string of the molecule is CCOc1ccc(CN2CC(CO)OC(C)(C)C2)cc1. The van der Waals surface area contributed by atoms with Crippen molar-refractivity contribution in [2.75, 3.05) is 26.3 Å². The Labute approximate surface area is 121 Å². The maximum Gasteiger partial charge on any atom is 0.119 e. The van der Waals surface area contributed by atoms with Crippen LogP contribution in [0, 0.1) is 0 Å². The van der Waals surface area contributed by atoms with E-state index in [1.165, 1.54) is 5.56 Å². The van der Waals surface area contributed by atoms with Crippen LogP contribution in [0.25, 0.3) is 0 Å². The van der Waals surface area contributed by atoms with Crippen molar-refractivity contribution in [2.45, 2.75) is 39.0 Å². The quantitative estimate of drug-likeness (QED) is 0.896. The summed E-state index contributed by atoms with van der Waals surface area (Å²) in [7, 11) is 0. The predicted molar refractivity (Wildman–Crippen MR) is 78.9 cm³/mol. The Bertz CT molecular complexity index is 416. The van der Waals surface area contributed by atoms with Crippen molar-refractivity contribution in [1.29, 1.82) is 0 Å². The predicted octanol–water partition coefficient (Wildman–Crippen LogP) is 2.06. The fraction of sp³-hybridized carbons (Fsp3) is 0.625. The van der Waals surface area contributed by atoms with Gasteiger partial charge in [0.15, 0.2) is 0 Å². The summed E-state index contributed by atoms with van der Waals surface area (Å²) in [6, 6.07) is 8.21. The van der Waals surface area contributed by atoms with Gasteiger partial charge in [0, 0.05) is 19.6 Å². The van der Waals surface area contributed by atoms with Crippen LogP contribution in [0.4, 0.5) is 0 Å². The molecular formula is C16H25NO3. The number of benzene rings is 1. The summed E-state index contributed by atoms with van der Waals surface area (Å²) in [6.07, 6.45) is -0.0959. The molecule has 20 heavy (non-hydrogen) atoms. The Morgan fingerprint density at radius 2 is 2.05 bits per heavy atom. The Hall–Kier alpha value is -1.10. The molecule has 2 rings (SSSR count). The summed E-state index contributed by atoms with van der Waals surface area (Å²) in [4.78, 5) is 2.33. The highest BCUT2D eigenvalue weighted by Crippen LogP contribution is 2.23. The summed E-state index contributed by atoms with van der Waals surface area (Å²) in [6.45, 7) is 9.40. The van der Waals surface area contributed by atoms with Gasteiger partial charge in [-0.2, -0.15) is 0 Å². The lowest BCUT2D eigenvalue weighted by Crippen LogP contribution is -2.53. The van der Waals surface area contributed by atoms with E-state index >= 15 is 0 Å². The molecule has 1 aliphatic heterocycles. The highest BCUT2D eigenvalue weighted by Gasteiger charge is 2.32. The van der Waals surface area contributed by atoms with Gasteiger partial charge in [0.25, 0.3) is 0 Å². The second-order valence-electron chi connectivity index (χ2n) is 5.93. The van der Waals surface area contributed by atoms with Crippen LogP contribution in [-0.2, 0) is 11.3 Å². The van der Waals surface area contributed by atoms with E-state index in [0.717, 1.165) is 25.4 Å². The molecule has 0 aromatic heterocycles. The van der Waals surface area contributed by atoms with E-state index in [1.54, 1.807) is 0 Å². The lowest BCUT2D eigenvalue weighted by molar-refractivity contribution is -0.150. The van der Waals surface area contributed by atoms with Crippen LogP contribution < -0.4 is 4.74 Å². The van der Waals surface area contributed by atoms with Gasteiger partial charge in [-0.15, -0.1) is 0 Å². The first-order valence-corrected chi connectivity index (χ1v) is 7.25. The van der Waals surface area contributed by atoms with Crippen LogP contribution in [0.15, 0.2) is 24.3 Å². The topological polar surface area (TPSA) is 41.9 Å². The fourth-order valence-electron chi connectivity index (χ4n) is 2.75. The zero-order valence-corrected chi connectivity index (χ0v) is 12.6. The van der Waals surface area contributed by atoms with Gasteiger partial charge in [0.2, 0.25) is 0 Å². The molecular weight excluding hydrogens is 254 g/mol. The molecule has 1 fully saturated rings. The number of hydrogen-bond acceptors (Lipinski definition) is 4. The molecule has 0 radical (unpaired) electrons. The van der Waals surface area contributed by atoms with Crippen LogP contribution in [0.5, 0.6) is 5.75 Å². The fourth-order valence-corrected chi connectivity index (χ4v) is 2.75. The van der Waals surface area contributed by atoms with Gasteiger partial charge in [0.1, 0.15) is 5.75 Å². The van der Waals surface area contributed by atoms with E-state index in [-0.39, 0.29) is 18.3 Å². The molecule has 1 heterocycles. The minimum atomic E-state index is -0.211. The number of ether oxygens (including phenoxy) is 2. The maximum atomic E-state index is 9.33. The minimum Gasteiger partial charge on any atom is -0.494 e. The van der Waals surface area contributed by atoms with Crippen molar-refractivity contribution >= 4 is 0 Å². The number of aliphatic hydroxyl groups excluding tert-OH is 1. The Morgan fingerprint density at radius 3 is 2.65 bits per heavy atom. The highest BCUT2D eigenvalue weighted by molar-refractivity contribution is 5.27. The first-order valence-electron chi connectivity index (χ1n) is 7.25. The second-order valence-corrected chi connectivity index (χ2v) is 5.93. The molecule has 0 aliphatic carbocycles. The van der Waals surface area contributed by atoms with Gasteiger partial charge in [-0.1, -0.05) is 12.1 Å². The first kappa shape index (κ1) is 15.3. The zero-order chi connectivity index (χ0) is 14.6. The summed E-state index contributed by atoms with van der Waals surface area (Å²) in [5, 5.41) is 9.33. The maximum absolute atomic E-state index is 9.33. The monoisotopic (exact) mass is 279 g/mol. The lowest BCUT2D eigenvalue weighted by Gasteiger charge is -2.42. The molecule has 112 valence electrons. The number of rotatable bonds is 5. The third kappa shape index (κ3) is 4.20. The van der Waals surface area contributed by atoms with E-state index in [0.29, 0.717) is 6.61 Å². The van der Waals surface area contributed by atoms with Crippen molar-refractivity contribution in [3.8, 4) is 5.75 Å². The smallest absolute Gasteiger partial charge is 0.119 e. The van der Waals surface area contributed by atoms with E-state index < -0.39 is 0 Å². The normalized spacial score (nSPS) is 22.7. The van der Waals surface area contributed by atoms with Gasteiger partial charge >= 0.3 is 0 Å².